The van der Waals surface area contributed by atoms with Crippen molar-refractivity contribution in [2.75, 3.05) is 6.61 Å². The van der Waals surface area contributed by atoms with Crippen LogP contribution in [-0.4, -0.2) is 17.3 Å². The number of hydrogen-bond acceptors (Lipinski definition) is 4. The Morgan fingerprint density at radius 1 is 1.00 bits per heavy atom. The number of fused-ring (bicyclic) bond motifs is 3. The molecule has 4 heteroatoms. The summed E-state index contributed by atoms with van der Waals surface area (Å²) in [7, 11) is 0. The number of para-hydroxylation sites is 1. The summed E-state index contributed by atoms with van der Waals surface area (Å²) in [5.74, 6) is 1.84. The first-order valence-corrected chi connectivity index (χ1v) is 10.6. The summed E-state index contributed by atoms with van der Waals surface area (Å²) >= 11 is 0. The molecule has 3 aromatic carbocycles. The number of hydrazone groups is 1. The Bertz CT molecular complexity index is 1100. The van der Waals surface area contributed by atoms with Crippen LogP contribution in [0.1, 0.15) is 53.4 Å². The fourth-order valence-electron chi connectivity index (χ4n) is 4.43. The van der Waals surface area contributed by atoms with Gasteiger partial charge in [-0.05, 0) is 62.2 Å². The van der Waals surface area contributed by atoms with Gasteiger partial charge in [-0.3, -0.25) is 0 Å². The number of aryl methyl sites for hydroxylation is 2. The number of rotatable bonds is 4. The van der Waals surface area contributed by atoms with E-state index in [-0.39, 0.29) is 12.3 Å². The summed E-state index contributed by atoms with van der Waals surface area (Å²) in [6.45, 7) is 6.93. The molecule has 2 atom stereocenters. The fourth-order valence-corrected chi connectivity index (χ4v) is 4.43. The van der Waals surface area contributed by atoms with Crippen molar-refractivity contribution in [3.63, 3.8) is 0 Å². The van der Waals surface area contributed by atoms with Crippen LogP contribution in [0.4, 0.5) is 0 Å². The van der Waals surface area contributed by atoms with Crippen molar-refractivity contribution in [2.24, 2.45) is 5.10 Å². The third-order valence-corrected chi connectivity index (χ3v) is 5.89. The Kier molecular flexibility index (Phi) is 4.70. The van der Waals surface area contributed by atoms with Crippen molar-refractivity contribution < 1.29 is 9.47 Å². The van der Waals surface area contributed by atoms with Crippen molar-refractivity contribution >= 4 is 5.71 Å². The van der Waals surface area contributed by atoms with E-state index in [9.17, 15) is 0 Å². The van der Waals surface area contributed by atoms with Gasteiger partial charge in [0, 0.05) is 17.5 Å². The second kappa shape index (κ2) is 7.52. The van der Waals surface area contributed by atoms with Gasteiger partial charge in [-0.25, -0.2) is 5.01 Å². The maximum absolute atomic E-state index is 6.49. The quantitative estimate of drug-likeness (QED) is 0.545. The zero-order valence-corrected chi connectivity index (χ0v) is 17.6. The number of hydrogen-bond donors (Lipinski definition) is 0. The molecular formula is C26H26N2O2. The van der Waals surface area contributed by atoms with Crippen molar-refractivity contribution in [3.8, 4) is 11.5 Å². The van der Waals surface area contributed by atoms with Crippen LogP contribution in [0.25, 0.3) is 0 Å². The number of nitrogens with zero attached hydrogens (tertiary/aromatic N) is 2. The molecule has 0 amide bonds. The maximum atomic E-state index is 6.49. The van der Waals surface area contributed by atoms with Gasteiger partial charge in [-0.2, -0.15) is 5.10 Å². The molecule has 0 fully saturated rings. The van der Waals surface area contributed by atoms with Crippen LogP contribution >= 0.6 is 0 Å². The molecule has 0 N–H and O–H groups in total. The summed E-state index contributed by atoms with van der Waals surface area (Å²) < 4.78 is 12.1. The van der Waals surface area contributed by atoms with E-state index in [2.05, 4.69) is 67.4 Å². The topological polar surface area (TPSA) is 34.1 Å². The highest BCUT2D eigenvalue weighted by Gasteiger charge is 2.41. The number of benzene rings is 3. The minimum atomic E-state index is -0.231. The summed E-state index contributed by atoms with van der Waals surface area (Å²) in [6, 6.07) is 23.3. The molecular weight excluding hydrogens is 372 g/mol. The molecule has 0 spiro atoms. The van der Waals surface area contributed by atoms with Crippen molar-refractivity contribution in [2.45, 2.75) is 39.5 Å². The second-order valence-electron chi connectivity index (χ2n) is 7.97. The Morgan fingerprint density at radius 2 is 1.80 bits per heavy atom. The molecule has 152 valence electrons. The van der Waals surface area contributed by atoms with Crippen LogP contribution < -0.4 is 9.47 Å². The Hall–Kier alpha value is -3.27. The van der Waals surface area contributed by atoms with E-state index >= 15 is 0 Å². The standard InChI is InChI=1S/C26H26N2O2/c1-4-29-20-12-10-19(11-13-20)23-16-24-22-7-5-6-8-25(22)30-26(28(24)27-23)21-14-9-17(2)15-18(21)3/h5-15,24,26H,4,16H2,1-3H3. The first-order chi connectivity index (χ1) is 14.6. The highest BCUT2D eigenvalue weighted by molar-refractivity contribution is 6.02. The lowest BCUT2D eigenvalue weighted by atomic mass is 9.95. The van der Waals surface area contributed by atoms with Crippen molar-refractivity contribution in [1.29, 1.82) is 0 Å². The van der Waals surface area contributed by atoms with Crippen LogP contribution in [-0.2, 0) is 0 Å². The minimum Gasteiger partial charge on any atom is -0.494 e. The van der Waals surface area contributed by atoms with Crippen molar-refractivity contribution in [3.05, 3.63) is 94.5 Å². The zero-order chi connectivity index (χ0) is 20.7. The molecule has 2 unspecified atom stereocenters. The first kappa shape index (κ1) is 18.7. The zero-order valence-electron chi connectivity index (χ0n) is 17.6. The third kappa shape index (κ3) is 3.22. The maximum Gasteiger partial charge on any atom is 0.214 e. The van der Waals surface area contributed by atoms with Gasteiger partial charge in [0.1, 0.15) is 11.5 Å². The Labute approximate surface area is 177 Å². The largest absolute Gasteiger partial charge is 0.494 e. The normalized spacial score (nSPS) is 19.6. The lowest BCUT2D eigenvalue weighted by molar-refractivity contribution is -0.0194. The van der Waals surface area contributed by atoms with E-state index in [4.69, 9.17) is 14.6 Å². The van der Waals surface area contributed by atoms with Gasteiger partial charge in [-0.1, -0.05) is 42.0 Å². The highest BCUT2D eigenvalue weighted by atomic mass is 16.5. The summed E-state index contributed by atoms with van der Waals surface area (Å²) in [4.78, 5) is 0. The molecule has 5 rings (SSSR count). The molecule has 3 aromatic rings. The lowest BCUT2D eigenvalue weighted by Crippen LogP contribution is -2.34. The predicted octanol–water partition coefficient (Wildman–Crippen LogP) is 5.94. The molecule has 0 aliphatic carbocycles. The summed E-state index contributed by atoms with van der Waals surface area (Å²) in [6.07, 6.45) is 0.626. The molecule has 0 bridgehead atoms. The first-order valence-electron chi connectivity index (χ1n) is 10.6. The van der Waals surface area contributed by atoms with Gasteiger partial charge >= 0.3 is 0 Å². The van der Waals surface area contributed by atoms with E-state index in [1.54, 1.807) is 0 Å². The summed E-state index contributed by atoms with van der Waals surface area (Å²) in [5, 5.41) is 7.20. The van der Waals surface area contributed by atoms with E-state index in [0.29, 0.717) is 6.61 Å². The Morgan fingerprint density at radius 3 is 2.57 bits per heavy atom. The molecule has 2 aliphatic rings. The molecule has 0 radical (unpaired) electrons. The minimum absolute atomic E-state index is 0.169. The van der Waals surface area contributed by atoms with E-state index in [1.165, 1.54) is 16.7 Å². The molecule has 4 nitrogen and oxygen atoms in total. The average molecular weight is 399 g/mol. The predicted molar refractivity (Wildman–Crippen MR) is 119 cm³/mol. The fraction of sp³-hybridized carbons (Fsp3) is 0.269. The second-order valence-corrected chi connectivity index (χ2v) is 7.97. The summed E-state index contributed by atoms with van der Waals surface area (Å²) in [5.41, 5.74) is 7.05. The van der Waals surface area contributed by atoms with Crippen LogP contribution in [0.5, 0.6) is 11.5 Å². The van der Waals surface area contributed by atoms with Crippen LogP contribution in [0.2, 0.25) is 0 Å². The third-order valence-electron chi connectivity index (χ3n) is 5.89. The molecule has 0 aromatic heterocycles. The van der Waals surface area contributed by atoms with Gasteiger partial charge in [0.2, 0.25) is 6.23 Å². The smallest absolute Gasteiger partial charge is 0.214 e. The Balaban J connectivity index is 1.55. The van der Waals surface area contributed by atoms with E-state index in [1.807, 2.05) is 25.1 Å². The molecule has 0 saturated heterocycles. The molecule has 2 aliphatic heterocycles. The SMILES string of the molecule is CCOc1ccc(C2=NN3C(C2)c2ccccc2OC3c2ccc(C)cc2C)cc1. The van der Waals surface area contributed by atoms with Gasteiger partial charge in [0.05, 0.1) is 18.4 Å². The average Bonchev–Trinajstić information content (AvgIpc) is 3.20. The van der Waals surface area contributed by atoms with Gasteiger partial charge in [0.15, 0.2) is 0 Å². The van der Waals surface area contributed by atoms with Crippen molar-refractivity contribution in [1.82, 2.24) is 5.01 Å². The van der Waals surface area contributed by atoms with E-state index in [0.717, 1.165) is 34.8 Å². The van der Waals surface area contributed by atoms with Gasteiger partial charge < -0.3 is 9.47 Å². The molecule has 0 saturated carbocycles. The van der Waals surface area contributed by atoms with E-state index < -0.39 is 0 Å². The van der Waals surface area contributed by atoms with Crippen LogP contribution in [0, 0.1) is 13.8 Å². The van der Waals surface area contributed by atoms with Crippen LogP contribution in [0.15, 0.2) is 71.8 Å². The van der Waals surface area contributed by atoms with Crippen LogP contribution in [0.3, 0.4) is 0 Å². The molecule has 2 heterocycles. The highest BCUT2D eigenvalue weighted by Crippen LogP contribution is 2.47. The lowest BCUT2D eigenvalue weighted by Gasteiger charge is -2.38. The monoisotopic (exact) mass is 398 g/mol. The molecule has 30 heavy (non-hydrogen) atoms. The van der Waals surface area contributed by atoms with Gasteiger partial charge in [0.25, 0.3) is 0 Å². The van der Waals surface area contributed by atoms with Gasteiger partial charge in [-0.15, -0.1) is 0 Å². The number of ether oxygens (including phenoxy) is 2.